The minimum atomic E-state index is -0.414. The number of benzene rings is 2. The largest absolute Gasteiger partial charge is 0.308 e. The van der Waals surface area contributed by atoms with Crippen LogP contribution in [0.3, 0.4) is 0 Å². The van der Waals surface area contributed by atoms with Crippen molar-refractivity contribution in [1.82, 2.24) is 10.3 Å². The average Bonchev–Trinajstić information content (AvgIpc) is 3.01. The zero-order chi connectivity index (χ0) is 20.3. The van der Waals surface area contributed by atoms with Gasteiger partial charge in [-0.3, -0.25) is 10.1 Å². The van der Waals surface area contributed by atoms with Crippen LogP contribution in [0.15, 0.2) is 42.5 Å². The highest BCUT2D eigenvalue weighted by atomic mass is 35.5. The number of carbonyl (C=O) groups excluding carboxylic acids is 1. The van der Waals surface area contributed by atoms with Gasteiger partial charge in [-0.05, 0) is 49.3 Å². The Hall–Kier alpha value is -1.99. The third kappa shape index (κ3) is 4.89. The lowest BCUT2D eigenvalue weighted by Gasteiger charge is -2.08. The van der Waals surface area contributed by atoms with Crippen molar-refractivity contribution in [3.63, 3.8) is 0 Å². The molecule has 2 N–H and O–H groups in total. The van der Waals surface area contributed by atoms with Crippen LogP contribution in [-0.4, -0.2) is 16.0 Å². The molecule has 0 aliphatic carbocycles. The lowest BCUT2D eigenvalue weighted by Crippen LogP contribution is -2.34. The molecule has 1 amide bonds. The molecule has 0 saturated heterocycles. The van der Waals surface area contributed by atoms with Crippen LogP contribution >= 0.6 is 46.8 Å². The van der Waals surface area contributed by atoms with E-state index in [0.717, 1.165) is 22.6 Å². The second-order valence-electron chi connectivity index (χ2n) is 6.01. The Morgan fingerprint density at radius 2 is 1.89 bits per heavy atom. The van der Waals surface area contributed by atoms with Crippen LogP contribution in [0.1, 0.15) is 27.7 Å². The Morgan fingerprint density at radius 3 is 2.54 bits per heavy atom. The lowest BCUT2D eigenvalue weighted by molar-refractivity contribution is 0.0978. The van der Waals surface area contributed by atoms with Crippen molar-refractivity contribution >= 4 is 62.9 Å². The molecule has 1 heterocycles. The quantitative estimate of drug-likeness (QED) is 0.471. The van der Waals surface area contributed by atoms with Crippen molar-refractivity contribution in [2.45, 2.75) is 20.3 Å². The van der Waals surface area contributed by atoms with Gasteiger partial charge in [0, 0.05) is 15.5 Å². The van der Waals surface area contributed by atoms with E-state index in [1.54, 1.807) is 12.1 Å². The number of thiazole rings is 1. The van der Waals surface area contributed by atoms with Crippen molar-refractivity contribution in [3.05, 3.63) is 68.5 Å². The highest BCUT2D eigenvalue weighted by Gasteiger charge is 2.15. The maximum Gasteiger partial charge on any atom is 0.258 e. The summed E-state index contributed by atoms with van der Waals surface area (Å²) in [6, 6.07) is 13.0. The van der Waals surface area contributed by atoms with Gasteiger partial charge in [0.15, 0.2) is 10.2 Å². The molecule has 0 fully saturated rings. The fourth-order valence-corrected chi connectivity index (χ4v) is 4.18. The first-order chi connectivity index (χ1) is 13.4. The van der Waals surface area contributed by atoms with E-state index in [9.17, 15) is 4.79 Å². The molecular formula is C20H17Cl2N3OS2. The van der Waals surface area contributed by atoms with Gasteiger partial charge in [0.05, 0.1) is 16.3 Å². The third-order valence-electron chi connectivity index (χ3n) is 4.06. The smallest absolute Gasteiger partial charge is 0.258 e. The van der Waals surface area contributed by atoms with E-state index in [4.69, 9.17) is 35.4 Å². The summed E-state index contributed by atoms with van der Waals surface area (Å²) in [7, 11) is 0. The molecule has 3 aromatic rings. The molecule has 144 valence electrons. The summed E-state index contributed by atoms with van der Waals surface area (Å²) in [6.45, 7) is 4.12. The van der Waals surface area contributed by atoms with Gasteiger partial charge >= 0.3 is 0 Å². The predicted octanol–water partition coefficient (Wildman–Crippen LogP) is 6.11. The molecule has 1 aromatic heterocycles. The van der Waals surface area contributed by atoms with Crippen LogP contribution in [0.25, 0.3) is 11.3 Å². The topological polar surface area (TPSA) is 54.0 Å². The predicted molar refractivity (Wildman–Crippen MR) is 122 cm³/mol. The standard InChI is InChI=1S/C20H17Cl2N3OS2/c1-3-12-4-6-13(7-5-12)17-11(2)28-20(23-17)25-19(27)24-18(26)15-9-8-14(21)10-16(15)22/h4-10H,3H2,1-2H3,(H2,23,24,25,26,27). The minimum absolute atomic E-state index is 0.151. The van der Waals surface area contributed by atoms with Crippen LogP contribution in [0.5, 0.6) is 0 Å². The Morgan fingerprint density at radius 1 is 1.18 bits per heavy atom. The number of aryl methyl sites for hydroxylation is 2. The Kier molecular flexibility index (Phi) is 6.67. The van der Waals surface area contributed by atoms with Gasteiger partial charge in [-0.15, -0.1) is 11.3 Å². The fourth-order valence-electron chi connectivity index (χ4n) is 2.59. The first-order valence-electron chi connectivity index (χ1n) is 8.51. The number of anilines is 1. The zero-order valence-corrected chi connectivity index (χ0v) is 18.3. The van der Waals surface area contributed by atoms with Gasteiger partial charge in [0.25, 0.3) is 5.91 Å². The highest BCUT2D eigenvalue weighted by Crippen LogP contribution is 2.30. The fraction of sp³-hybridized carbons (Fsp3) is 0.150. The lowest BCUT2D eigenvalue weighted by atomic mass is 10.1. The number of hydrogen-bond acceptors (Lipinski definition) is 4. The van der Waals surface area contributed by atoms with Crippen LogP contribution in [0.2, 0.25) is 10.0 Å². The highest BCUT2D eigenvalue weighted by molar-refractivity contribution is 7.80. The van der Waals surface area contributed by atoms with E-state index >= 15 is 0 Å². The van der Waals surface area contributed by atoms with E-state index in [0.29, 0.717) is 15.7 Å². The summed E-state index contributed by atoms with van der Waals surface area (Å²) >= 11 is 18.6. The van der Waals surface area contributed by atoms with Crippen LogP contribution < -0.4 is 10.6 Å². The summed E-state index contributed by atoms with van der Waals surface area (Å²) in [5.74, 6) is -0.414. The number of nitrogens with zero attached hydrogens (tertiary/aromatic N) is 1. The number of nitrogens with one attached hydrogen (secondary N) is 2. The van der Waals surface area contributed by atoms with Gasteiger partial charge in [0.2, 0.25) is 0 Å². The van der Waals surface area contributed by atoms with Gasteiger partial charge in [-0.2, -0.15) is 0 Å². The van der Waals surface area contributed by atoms with Crippen LogP contribution in [0.4, 0.5) is 5.13 Å². The first kappa shape index (κ1) is 20.7. The van der Waals surface area contributed by atoms with Crippen molar-refractivity contribution in [2.24, 2.45) is 0 Å². The second kappa shape index (κ2) is 9.01. The van der Waals surface area contributed by atoms with E-state index in [1.165, 1.54) is 23.0 Å². The number of rotatable bonds is 4. The van der Waals surface area contributed by atoms with Gasteiger partial charge in [0.1, 0.15) is 0 Å². The van der Waals surface area contributed by atoms with E-state index in [1.807, 2.05) is 6.92 Å². The Labute approximate surface area is 182 Å². The molecule has 4 nitrogen and oxygen atoms in total. The summed E-state index contributed by atoms with van der Waals surface area (Å²) in [5.41, 5.74) is 3.51. The number of halogens is 2. The molecule has 0 aliphatic heterocycles. The second-order valence-corrected chi connectivity index (χ2v) is 8.46. The number of carbonyl (C=O) groups is 1. The van der Waals surface area contributed by atoms with Gasteiger partial charge in [-0.25, -0.2) is 4.98 Å². The summed E-state index contributed by atoms with van der Waals surface area (Å²) in [4.78, 5) is 18.0. The molecule has 3 rings (SSSR count). The molecule has 8 heteroatoms. The van der Waals surface area contributed by atoms with Crippen LogP contribution in [-0.2, 0) is 6.42 Å². The maximum absolute atomic E-state index is 12.3. The number of thiocarbonyl (C=S) groups is 1. The van der Waals surface area contributed by atoms with Crippen molar-refractivity contribution in [1.29, 1.82) is 0 Å². The van der Waals surface area contributed by atoms with Crippen molar-refractivity contribution in [3.8, 4) is 11.3 Å². The monoisotopic (exact) mass is 449 g/mol. The summed E-state index contributed by atoms with van der Waals surface area (Å²) < 4.78 is 0. The molecule has 0 bridgehead atoms. The first-order valence-corrected chi connectivity index (χ1v) is 10.5. The number of amides is 1. The number of hydrogen-bond donors (Lipinski definition) is 2. The summed E-state index contributed by atoms with van der Waals surface area (Å²) in [6.07, 6.45) is 0.995. The normalized spacial score (nSPS) is 10.6. The molecule has 28 heavy (non-hydrogen) atoms. The Bertz CT molecular complexity index is 1030. The molecule has 0 saturated carbocycles. The van der Waals surface area contributed by atoms with E-state index < -0.39 is 5.91 Å². The number of aromatic nitrogens is 1. The molecular weight excluding hydrogens is 433 g/mol. The molecule has 0 unspecified atom stereocenters. The SMILES string of the molecule is CCc1ccc(-c2nc(NC(=S)NC(=O)c3ccc(Cl)cc3Cl)sc2C)cc1. The van der Waals surface area contributed by atoms with Crippen molar-refractivity contribution in [2.75, 3.05) is 5.32 Å². The third-order valence-corrected chi connectivity index (χ3v) is 5.69. The van der Waals surface area contributed by atoms with Crippen molar-refractivity contribution < 1.29 is 4.79 Å². The maximum atomic E-state index is 12.3. The zero-order valence-electron chi connectivity index (χ0n) is 15.2. The molecule has 0 spiro atoms. The van der Waals surface area contributed by atoms with Gasteiger partial charge in [-0.1, -0.05) is 54.4 Å². The Balaban J connectivity index is 1.69. The average molecular weight is 450 g/mol. The van der Waals surface area contributed by atoms with Crippen LogP contribution in [0, 0.1) is 6.92 Å². The molecule has 0 radical (unpaired) electrons. The summed E-state index contributed by atoms with van der Waals surface area (Å²) in [5, 5.41) is 7.05. The van der Waals surface area contributed by atoms with Gasteiger partial charge < -0.3 is 5.32 Å². The minimum Gasteiger partial charge on any atom is -0.308 e. The molecule has 2 aromatic carbocycles. The van der Waals surface area contributed by atoms with E-state index in [-0.39, 0.29) is 10.1 Å². The van der Waals surface area contributed by atoms with E-state index in [2.05, 4.69) is 46.8 Å². The molecule has 0 aliphatic rings. The molecule has 0 atom stereocenters.